The lowest BCUT2D eigenvalue weighted by Gasteiger charge is -2.10. The summed E-state index contributed by atoms with van der Waals surface area (Å²) in [5.41, 5.74) is 0.876. The van der Waals surface area contributed by atoms with Gasteiger partial charge in [0, 0.05) is 25.1 Å². The number of carbonyl (C=O) groups excluding carboxylic acids is 1. The molecule has 0 aliphatic carbocycles. The van der Waals surface area contributed by atoms with Crippen molar-refractivity contribution in [2.24, 2.45) is 0 Å². The molecular weight excluding hydrogens is 278 g/mol. The Hall–Kier alpha value is -1.91. The number of methoxy groups -OCH3 is 1. The number of benzene rings is 1. The Kier molecular flexibility index (Phi) is 5.09. The molecule has 0 radical (unpaired) electrons. The Morgan fingerprint density at radius 2 is 2.00 bits per heavy atom. The summed E-state index contributed by atoms with van der Waals surface area (Å²) in [6.45, 7) is 0.837. The number of ether oxygens (including phenoxy) is 2. The highest BCUT2D eigenvalue weighted by atomic mass is 35.5. The molecule has 0 saturated carbocycles. The Morgan fingerprint density at radius 3 is 2.75 bits per heavy atom. The summed E-state index contributed by atoms with van der Waals surface area (Å²) in [5, 5.41) is 0.323. The minimum atomic E-state index is -0.189. The largest absolute Gasteiger partial charge is 0.490 e. The van der Waals surface area contributed by atoms with Gasteiger partial charge in [-0.05, 0) is 18.2 Å². The second-order valence-electron chi connectivity index (χ2n) is 4.02. The number of pyridine rings is 1. The topological polar surface area (TPSA) is 48.4 Å². The molecule has 0 amide bonds. The maximum absolute atomic E-state index is 12.5. The number of rotatable bonds is 6. The van der Waals surface area contributed by atoms with E-state index in [1.165, 1.54) is 12.4 Å². The lowest BCUT2D eigenvalue weighted by Crippen LogP contribution is -2.09. The van der Waals surface area contributed by atoms with Crippen LogP contribution in [-0.4, -0.2) is 31.1 Å². The molecule has 1 heterocycles. The van der Waals surface area contributed by atoms with Gasteiger partial charge in [-0.3, -0.25) is 9.78 Å². The van der Waals surface area contributed by atoms with Crippen LogP contribution in [0.1, 0.15) is 15.9 Å². The average Bonchev–Trinajstić information content (AvgIpc) is 2.48. The molecule has 5 heteroatoms. The van der Waals surface area contributed by atoms with Crippen LogP contribution in [0.2, 0.25) is 5.02 Å². The van der Waals surface area contributed by atoms with E-state index in [1.807, 2.05) is 6.07 Å². The van der Waals surface area contributed by atoms with Crippen LogP contribution in [0.5, 0.6) is 5.75 Å². The molecular formula is C15H14ClNO3. The number of aromatic nitrogens is 1. The van der Waals surface area contributed by atoms with Crippen LogP contribution in [0.4, 0.5) is 0 Å². The molecule has 2 rings (SSSR count). The van der Waals surface area contributed by atoms with E-state index in [0.29, 0.717) is 35.1 Å². The van der Waals surface area contributed by atoms with Gasteiger partial charge in [0.1, 0.15) is 12.4 Å². The van der Waals surface area contributed by atoms with E-state index < -0.39 is 0 Å². The van der Waals surface area contributed by atoms with Crippen LogP contribution < -0.4 is 4.74 Å². The number of ketones is 1. The van der Waals surface area contributed by atoms with E-state index in [4.69, 9.17) is 21.1 Å². The summed E-state index contributed by atoms with van der Waals surface area (Å²) >= 11 is 6.00. The van der Waals surface area contributed by atoms with Crippen LogP contribution in [0, 0.1) is 0 Å². The Bertz CT molecular complexity index is 601. The van der Waals surface area contributed by atoms with Crippen LogP contribution >= 0.6 is 11.6 Å². The number of nitrogens with zero attached hydrogens (tertiary/aromatic N) is 1. The molecule has 0 spiro atoms. The SMILES string of the molecule is COCCOc1ccccc1C(=O)c1ccncc1Cl. The van der Waals surface area contributed by atoms with Gasteiger partial charge in [0.25, 0.3) is 0 Å². The summed E-state index contributed by atoms with van der Waals surface area (Å²) in [5.74, 6) is 0.327. The van der Waals surface area contributed by atoms with Crippen molar-refractivity contribution >= 4 is 17.4 Å². The van der Waals surface area contributed by atoms with E-state index in [-0.39, 0.29) is 5.78 Å². The van der Waals surface area contributed by atoms with Gasteiger partial charge in [0.15, 0.2) is 5.78 Å². The fourth-order valence-corrected chi connectivity index (χ4v) is 1.92. The molecule has 0 fully saturated rings. The Morgan fingerprint density at radius 1 is 1.20 bits per heavy atom. The molecule has 20 heavy (non-hydrogen) atoms. The van der Waals surface area contributed by atoms with Crippen LogP contribution in [0.25, 0.3) is 0 Å². The lowest BCUT2D eigenvalue weighted by atomic mass is 10.0. The Balaban J connectivity index is 2.28. The molecule has 2 aromatic rings. The van der Waals surface area contributed by atoms with Crippen LogP contribution in [-0.2, 0) is 4.74 Å². The predicted molar refractivity (Wildman–Crippen MR) is 76.5 cm³/mol. The molecule has 4 nitrogen and oxygen atoms in total. The highest BCUT2D eigenvalue weighted by Gasteiger charge is 2.16. The maximum atomic E-state index is 12.5. The van der Waals surface area contributed by atoms with Crippen LogP contribution in [0.3, 0.4) is 0 Å². The fraction of sp³-hybridized carbons (Fsp3) is 0.200. The molecule has 0 aliphatic heterocycles. The molecule has 104 valence electrons. The van der Waals surface area contributed by atoms with Gasteiger partial charge in [-0.25, -0.2) is 0 Å². The van der Waals surface area contributed by atoms with Crippen molar-refractivity contribution in [2.45, 2.75) is 0 Å². The van der Waals surface area contributed by atoms with E-state index >= 15 is 0 Å². The van der Waals surface area contributed by atoms with Crippen molar-refractivity contribution < 1.29 is 14.3 Å². The van der Waals surface area contributed by atoms with Crippen molar-refractivity contribution in [3.05, 3.63) is 58.9 Å². The maximum Gasteiger partial charge on any atom is 0.198 e. The first-order chi connectivity index (χ1) is 9.74. The van der Waals surface area contributed by atoms with Gasteiger partial charge in [-0.15, -0.1) is 0 Å². The molecule has 0 saturated heterocycles. The van der Waals surface area contributed by atoms with Crippen LogP contribution in [0.15, 0.2) is 42.7 Å². The predicted octanol–water partition coefficient (Wildman–Crippen LogP) is 2.99. The van der Waals surface area contributed by atoms with Crippen molar-refractivity contribution in [2.75, 3.05) is 20.3 Å². The summed E-state index contributed by atoms with van der Waals surface area (Å²) in [4.78, 5) is 16.4. The average molecular weight is 292 g/mol. The van der Waals surface area contributed by atoms with Crippen molar-refractivity contribution in [1.82, 2.24) is 4.98 Å². The molecule has 0 bridgehead atoms. The third-order valence-electron chi connectivity index (χ3n) is 2.69. The molecule has 0 N–H and O–H groups in total. The summed E-state index contributed by atoms with van der Waals surface area (Å²) in [6, 6.07) is 8.65. The molecule has 1 aromatic heterocycles. The molecule has 0 atom stereocenters. The van der Waals surface area contributed by atoms with Gasteiger partial charge in [0.05, 0.1) is 17.2 Å². The fourth-order valence-electron chi connectivity index (χ4n) is 1.72. The van der Waals surface area contributed by atoms with Gasteiger partial charge in [-0.1, -0.05) is 23.7 Å². The third-order valence-corrected chi connectivity index (χ3v) is 2.99. The zero-order chi connectivity index (χ0) is 14.4. The van der Waals surface area contributed by atoms with Crippen molar-refractivity contribution in [3.8, 4) is 5.75 Å². The van der Waals surface area contributed by atoms with E-state index in [2.05, 4.69) is 4.98 Å². The zero-order valence-corrected chi connectivity index (χ0v) is 11.8. The smallest absolute Gasteiger partial charge is 0.198 e. The highest BCUT2D eigenvalue weighted by molar-refractivity contribution is 6.34. The first-order valence-electron chi connectivity index (χ1n) is 6.09. The van der Waals surface area contributed by atoms with Gasteiger partial charge in [-0.2, -0.15) is 0 Å². The van der Waals surface area contributed by atoms with Crippen molar-refractivity contribution in [3.63, 3.8) is 0 Å². The molecule has 0 aliphatic rings. The third kappa shape index (κ3) is 3.35. The molecule has 0 unspecified atom stereocenters. The second kappa shape index (κ2) is 7.03. The summed E-state index contributed by atoms with van der Waals surface area (Å²) in [6.07, 6.45) is 2.98. The minimum absolute atomic E-state index is 0.189. The second-order valence-corrected chi connectivity index (χ2v) is 4.43. The molecule has 1 aromatic carbocycles. The van der Waals surface area contributed by atoms with E-state index in [0.717, 1.165) is 0 Å². The first-order valence-corrected chi connectivity index (χ1v) is 6.47. The monoisotopic (exact) mass is 291 g/mol. The zero-order valence-electron chi connectivity index (χ0n) is 11.0. The summed E-state index contributed by atoms with van der Waals surface area (Å²) < 4.78 is 10.5. The Labute approximate surface area is 122 Å². The standard InChI is InChI=1S/C15H14ClNO3/c1-19-8-9-20-14-5-3-2-4-12(14)15(18)11-6-7-17-10-13(11)16/h2-7,10H,8-9H2,1H3. The number of hydrogen-bond acceptors (Lipinski definition) is 4. The van der Waals surface area contributed by atoms with Gasteiger partial charge < -0.3 is 9.47 Å². The van der Waals surface area contributed by atoms with Gasteiger partial charge >= 0.3 is 0 Å². The number of hydrogen-bond donors (Lipinski definition) is 0. The normalized spacial score (nSPS) is 10.3. The number of halogens is 1. The van der Waals surface area contributed by atoms with Crippen molar-refractivity contribution in [1.29, 1.82) is 0 Å². The van der Waals surface area contributed by atoms with E-state index in [9.17, 15) is 4.79 Å². The number of carbonyl (C=O) groups is 1. The summed E-state index contributed by atoms with van der Waals surface area (Å²) in [7, 11) is 1.59. The first kappa shape index (κ1) is 14.5. The van der Waals surface area contributed by atoms with Gasteiger partial charge in [0.2, 0.25) is 0 Å². The minimum Gasteiger partial charge on any atom is -0.490 e. The quantitative estimate of drug-likeness (QED) is 0.606. The van der Waals surface area contributed by atoms with E-state index in [1.54, 1.807) is 31.4 Å². The lowest BCUT2D eigenvalue weighted by molar-refractivity contribution is 0.103. The highest BCUT2D eigenvalue weighted by Crippen LogP contribution is 2.24. The number of para-hydroxylation sites is 1.